The summed E-state index contributed by atoms with van der Waals surface area (Å²) >= 11 is 0. The van der Waals surface area contributed by atoms with Crippen molar-refractivity contribution in [1.29, 1.82) is 0 Å². The average molecular weight is 379 g/mol. The van der Waals surface area contributed by atoms with Crippen LogP contribution in [-0.4, -0.2) is 35.5 Å². The summed E-state index contributed by atoms with van der Waals surface area (Å²) in [6.45, 7) is 3.78. The molecule has 2 aromatic carbocycles. The van der Waals surface area contributed by atoms with Gasteiger partial charge < -0.3 is 14.6 Å². The molecule has 1 fully saturated rings. The van der Waals surface area contributed by atoms with E-state index in [2.05, 4.69) is 11.8 Å². The van der Waals surface area contributed by atoms with Gasteiger partial charge >= 0.3 is 0 Å². The molecule has 0 amide bonds. The lowest BCUT2D eigenvalue weighted by Gasteiger charge is -2.33. The van der Waals surface area contributed by atoms with Crippen LogP contribution in [0.15, 0.2) is 42.2 Å². The van der Waals surface area contributed by atoms with Gasteiger partial charge in [-0.05, 0) is 62.2 Å². The van der Waals surface area contributed by atoms with Crippen LogP contribution in [0.5, 0.6) is 17.2 Å². The van der Waals surface area contributed by atoms with Crippen LogP contribution in [0.2, 0.25) is 0 Å². The lowest BCUT2D eigenvalue weighted by molar-refractivity contribution is 0.101. The Morgan fingerprint density at radius 3 is 2.71 bits per heavy atom. The van der Waals surface area contributed by atoms with Gasteiger partial charge in [-0.3, -0.25) is 9.69 Å². The van der Waals surface area contributed by atoms with Crippen LogP contribution in [0.4, 0.5) is 0 Å². The summed E-state index contributed by atoms with van der Waals surface area (Å²) in [4.78, 5) is 15.2. The lowest BCUT2D eigenvalue weighted by Crippen LogP contribution is -2.36. The smallest absolute Gasteiger partial charge is 0.231 e. The number of fused-ring (bicyclic) bond motifs is 1. The molecule has 1 atom stereocenters. The van der Waals surface area contributed by atoms with E-state index >= 15 is 0 Å². The van der Waals surface area contributed by atoms with E-state index in [0.29, 0.717) is 29.5 Å². The van der Waals surface area contributed by atoms with Crippen LogP contribution in [0.25, 0.3) is 6.08 Å². The fraction of sp³-hybridized carbons (Fsp3) is 0.348. The predicted octanol–water partition coefficient (Wildman–Crippen LogP) is 4.39. The molecule has 5 heteroatoms. The van der Waals surface area contributed by atoms with Gasteiger partial charge in [-0.1, -0.05) is 18.6 Å². The number of phenolic OH excluding ortho intramolecular Hbond substituents is 1. The van der Waals surface area contributed by atoms with E-state index in [1.807, 2.05) is 24.3 Å². The number of nitrogens with zero attached hydrogens (tertiary/aromatic N) is 1. The minimum Gasteiger partial charge on any atom is -0.507 e. The van der Waals surface area contributed by atoms with E-state index in [4.69, 9.17) is 9.47 Å². The van der Waals surface area contributed by atoms with E-state index in [9.17, 15) is 9.90 Å². The van der Waals surface area contributed by atoms with Gasteiger partial charge in [-0.15, -0.1) is 0 Å². The van der Waals surface area contributed by atoms with Crippen molar-refractivity contribution in [3.63, 3.8) is 0 Å². The summed E-state index contributed by atoms with van der Waals surface area (Å²) in [6.07, 6.45) is 5.27. The first-order chi connectivity index (χ1) is 13.6. The quantitative estimate of drug-likeness (QED) is 0.799. The molecule has 0 spiro atoms. The number of hydrogen-bond acceptors (Lipinski definition) is 5. The Hall–Kier alpha value is -2.79. The maximum absolute atomic E-state index is 12.8. The highest BCUT2D eigenvalue weighted by atomic mass is 16.5. The van der Waals surface area contributed by atoms with Crippen LogP contribution in [0.3, 0.4) is 0 Å². The van der Waals surface area contributed by atoms with Crippen molar-refractivity contribution in [3.05, 3.63) is 58.8 Å². The molecule has 0 radical (unpaired) electrons. The minimum atomic E-state index is -0.154. The average Bonchev–Trinajstić information content (AvgIpc) is 3.02. The van der Waals surface area contributed by atoms with Gasteiger partial charge in [0, 0.05) is 12.6 Å². The van der Waals surface area contributed by atoms with Gasteiger partial charge in [-0.2, -0.15) is 0 Å². The highest BCUT2D eigenvalue weighted by Crippen LogP contribution is 2.40. The van der Waals surface area contributed by atoms with Crippen LogP contribution < -0.4 is 9.47 Å². The van der Waals surface area contributed by atoms with Gasteiger partial charge in [0.1, 0.15) is 17.2 Å². The molecule has 4 rings (SSSR count). The fourth-order valence-electron chi connectivity index (χ4n) is 3.90. The van der Waals surface area contributed by atoms with Gasteiger partial charge in [0.05, 0.1) is 18.2 Å². The van der Waals surface area contributed by atoms with Crippen LogP contribution in [-0.2, 0) is 6.54 Å². The molecule has 0 aliphatic carbocycles. The van der Waals surface area contributed by atoms with Crippen molar-refractivity contribution in [3.8, 4) is 17.2 Å². The number of ether oxygens (including phenoxy) is 2. The molecule has 146 valence electrons. The fourth-order valence-corrected chi connectivity index (χ4v) is 3.90. The molecule has 5 nitrogen and oxygen atoms in total. The number of methoxy groups -OCH3 is 1. The van der Waals surface area contributed by atoms with Crippen molar-refractivity contribution < 1.29 is 19.4 Å². The first-order valence-corrected chi connectivity index (χ1v) is 9.74. The summed E-state index contributed by atoms with van der Waals surface area (Å²) in [5, 5.41) is 10.5. The Balaban J connectivity index is 1.63. The number of piperidine rings is 1. The third kappa shape index (κ3) is 3.50. The number of carbonyl (C=O) groups is 1. The molecular formula is C23H25NO4. The number of carbonyl (C=O) groups excluding carboxylic acids is 1. The summed E-state index contributed by atoms with van der Waals surface area (Å²) in [7, 11) is 1.62. The number of rotatable bonds is 4. The second kappa shape index (κ2) is 7.68. The summed E-state index contributed by atoms with van der Waals surface area (Å²) in [6, 6.07) is 11.1. The topological polar surface area (TPSA) is 59.0 Å². The van der Waals surface area contributed by atoms with Crippen molar-refractivity contribution in [1.82, 2.24) is 4.90 Å². The molecule has 1 saturated heterocycles. The standard InChI is InChI=1S/C23H25NO4/c1-15-5-3-4-12-24(15)14-19-20(25)11-10-18-22(26)21(28-23(18)19)13-16-6-8-17(27-2)9-7-16/h6-11,13,15,25H,3-5,12,14H2,1-2H3. The van der Waals surface area contributed by atoms with Crippen molar-refractivity contribution in [2.24, 2.45) is 0 Å². The number of allylic oxidation sites excluding steroid dienone is 1. The minimum absolute atomic E-state index is 0.154. The summed E-state index contributed by atoms with van der Waals surface area (Å²) < 4.78 is 11.1. The Bertz CT molecular complexity index is 917. The molecule has 0 aromatic heterocycles. The van der Waals surface area contributed by atoms with Gasteiger partial charge in [-0.25, -0.2) is 0 Å². The molecule has 0 saturated carbocycles. The van der Waals surface area contributed by atoms with Crippen molar-refractivity contribution >= 4 is 11.9 Å². The van der Waals surface area contributed by atoms with Crippen LogP contribution in [0.1, 0.15) is 47.7 Å². The molecule has 28 heavy (non-hydrogen) atoms. The zero-order valence-corrected chi connectivity index (χ0v) is 16.3. The number of Topliss-reactive ketones (excluding diaryl/α,β-unsaturated/α-hetero) is 1. The molecule has 1 unspecified atom stereocenters. The maximum Gasteiger partial charge on any atom is 0.231 e. The summed E-state index contributed by atoms with van der Waals surface area (Å²) in [5.74, 6) is 1.54. The molecular weight excluding hydrogens is 354 g/mol. The molecule has 1 N–H and O–H groups in total. The SMILES string of the molecule is COc1ccc(C=C2Oc3c(ccc(O)c3CN3CCCCC3C)C2=O)cc1. The Labute approximate surface area is 165 Å². The summed E-state index contributed by atoms with van der Waals surface area (Å²) in [5.41, 5.74) is 2.06. The highest BCUT2D eigenvalue weighted by molar-refractivity contribution is 6.15. The van der Waals surface area contributed by atoms with Crippen LogP contribution in [0, 0.1) is 0 Å². The second-order valence-electron chi connectivity index (χ2n) is 7.47. The van der Waals surface area contributed by atoms with Crippen LogP contribution >= 0.6 is 0 Å². The first-order valence-electron chi connectivity index (χ1n) is 9.74. The monoisotopic (exact) mass is 379 g/mol. The number of ketones is 1. The largest absolute Gasteiger partial charge is 0.507 e. The zero-order chi connectivity index (χ0) is 19.7. The van der Waals surface area contributed by atoms with Gasteiger partial charge in [0.15, 0.2) is 5.76 Å². The van der Waals surface area contributed by atoms with E-state index < -0.39 is 0 Å². The Morgan fingerprint density at radius 1 is 1.21 bits per heavy atom. The number of likely N-dealkylation sites (tertiary alicyclic amines) is 1. The Morgan fingerprint density at radius 2 is 2.00 bits per heavy atom. The maximum atomic E-state index is 12.8. The Kier molecular flexibility index (Phi) is 5.09. The van der Waals surface area contributed by atoms with Gasteiger partial charge in [0.25, 0.3) is 0 Å². The lowest BCUT2D eigenvalue weighted by atomic mass is 10.0. The first kappa shape index (κ1) is 18.6. The zero-order valence-electron chi connectivity index (χ0n) is 16.3. The van der Waals surface area contributed by atoms with E-state index in [1.54, 1.807) is 25.3 Å². The second-order valence-corrected chi connectivity index (χ2v) is 7.47. The molecule has 2 heterocycles. The number of benzene rings is 2. The molecule has 2 aliphatic heterocycles. The normalized spacial score (nSPS) is 20.9. The van der Waals surface area contributed by atoms with E-state index in [0.717, 1.165) is 30.7 Å². The predicted molar refractivity (Wildman–Crippen MR) is 108 cm³/mol. The number of aromatic hydroxyl groups is 1. The molecule has 0 bridgehead atoms. The third-order valence-electron chi connectivity index (χ3n) is 5.63. The number of hydrogen-bond donors (Lipinski definition) is 1. The van der Waals surface area contributed by atoms with Crippen molar-refractivity contribution in [2.75, 3.05) is 13.7 Å². The molecule has 2 aliphatic rings. The van der Waals surface area contributed by atoms with E-state index in [-0.39, 0.29) is 17.3 Å². The third-order valence-corrected chi connectivity index (χ3v) is 5.63. The van der Waals surface area contributed by atoms with E-state index in [1.165, 1.54) is 6.42 Å². The van der Waals surface area contributed by atoms with Crippen molar-refractivity contribution in [2.45, 2.75) is 38.8 Å². The van der Waals surface area contributed by atoms with Gasteiger partial charge in [0.2, 0.25) is 5.78 Å². The molecule has 2 aromatic rings. The highest BCUT2D eigenvalue weighted by Gasteiger charge is 2.32. The number of phenols is 1.